The zero-order valence-corrected chi connectivity index (χ0v) is 13.3. The van der Waals surface area contributed by atoms with Crippen molar-refractivity contribution in [3.8, 4) is 12.0 Å². The molecule has 1 amide bonds. The van der Waals surface area contributed by atoms with Gasteiger partial charge in [-0.3, -0.25) is 4.79 Å². The van der Waals surface area contributed by atoms with Crippen LogP contribution in [0.1, 0.15) is 36.5 Å². The summed E-state index contributed by atoms with van der Waals surface area (Å²) in [4.78, 5) is 20.7. The van der Waals surface area contributed by atoms with E-state index < -0.39 is 0 Å². The third kappa shape index (κ3) is 2.96. The number of aryl methyl sites for hydroxylation is 3. The number of hydrogen-bond acceptors (Lipinski definition) is 5. The van der Waals surface area contributed by atoms with Gasteiger partial charge >= 0.3 is 0 Å². The average Bonchev–Trinajstić information content (AvgIpc) is 2.73. The first-order valence-electron chi connectivity index (χ1n) is 6.96. The van der Waals surface area contributed by atoms with E-state index in [4.69, 9.17) is 0 Å². The molecule has 0 aromatic carbocycles. The molecule has 2 aromatic heterocycles. The molecule has 2 aromatic rings. The van der Waals surface area contributed by atoms with Crippen molar-refractivity contribution in [1.29, 1.82) is 5.26 Å². The fraction of sp³-hybridized carbons (Fsp3) is 0.400. The summed E-state index contributed by atoms with van der Waals surface area (Å²) in [6.45, 7) is 8.98. The summed E-state index contributed by atoms with van der Waals surface area (Å²) in [6.07, 6.45) is 0. The van der Waals surface area contributed by atoms with E-state index in [9.17, 15) is 10.1 Å². The lowest BCUT2D eigenvalue weighted by Gasteiger charge is -2.10. The summed E-state index contributed by atoms with van der Waals surface area (Å²) in [7, 11) is 0. The van der Waals surface area contributed by atoms with Crippen molar-refractivity contribution in [2.45, 2.75) is 34.6 Å². The number of nitrogens with zero attached hydrogens (tertiary/aromatic N) is 5. The number of nitriles is 1. The van der Waals surface area contributed by atoms with Crippen LogP contribution in [0.5, 0.6) is 0 Å². The lowest BCUT2D eigenvalue weighted by Crippen LogP contribution is -2.21. The highest BCUT2D eigenvalue weighted by Crippen LogP contribution is 2.22. The minimum atomic E-state index is -0.213. The van der Waals surface area contributed by atoms with Crippen molar-refractivity contribution >= 4 is 11.7 Å². The minimum Gasteiger partial charge on any atom is -0.309 e. The maximum atomic E-state index is 12.0. The molecular weight excluding hydrogens is 280 g/mol. The van der Waals surface area contributed by atoms with Gasteiger partial charge in [0.1, 0.15) is 11.6 Å². The number of nitrogens with one attached hydrogen (secondary N) is 1. The Morgan fingerprint density at radius 3 is 2.36 bits per heavy atom. The SMILES string of the molecule is Cc1cc(C)nc(-n2nc(C)c(C#N)c2NC(=O)C(C)C)n1. The fourth-order valence-electron chi connectivity index (χ4n) is 1.98. The summed E-state index contributed by atoms with van der Waals surface area (Å²) < 4.78 is 1.41. The van der Waals surface area contributed by atoms with Crippen LogP contribution in [0.2, 0.25) is 0 Å². The minimum absolute atomic E-state index is 0.193. The highest BCUT2D eigenvalue weighted by Gasteiger charge is 2.21. The van der Waals surface area contributed by atoms with Crippen LogP contribution in [-0.4, -0.2) is 25.7 Å². The Balaban J connectivity index is 2.61. The molecule has 0 atom stereocenters. The van der Waals surface area contributed by atoms with Crippen LogP contribution in [-0.2, 0) is 4.79 Å². The second-order valence-electron chi connectivity index (χ2n) is 5.43. The van der Waals surface area contributed by atoms with E-state index in [0.717, 1.165) is 11.4 Å². The molecule has 1 N–H and O–H groups in total. The largest absolute Gasteiger partial charge is 0.309 e. The van der Waals surface area contributed by atoms with E-state index in [0.29, 0.717) is 23.0 Å². The molecule has 114 valence electrons. The highest BCUT2D eigenvalue weighted by atomic mass is 16.1. The molecule has 0 bridgehead atoms. The van der Waals surface area contributed by atoms with Crippen molar-refractivity contribution in [3.63, 3.8) is 0 Å². The molecule has 0 aliphatic rings. The second-order valence-corrected chi connectivity index (χ2v) is 5.43. The summed E-state index contributed by atoms with van der Waals surface area (Å²) in [5.41, 5.74) is 2.41. The smallest absolute Gasteiger partial charge is 0.252 e. The van der Waals surface area contributed by atoms with Gasteiger partial charge in [0, 0.05) is 17.3 Å². The average molecular weight is 298 g/mol. The lowest BCUT2D eigenvalue weighted by atomic mass is 10.2. The van der Waals surface area contributed by atoms with Gasteiger partial charge in [-0.2, -0.15) is 15.0 Å². The Morgan fingerprint density at radius 1 is 1.27 bits per heavy atom. The van der Waals surface area contributed by atoms with E-state index in [-0.39, 0.29) is 11.8 Å². The molecule has 2 rings (SSSR count). The number of carbonyl (C=O) groups is 1. The standard InChI is InChI=1S/C15H18N6O/c1-8(2)14(22)19-13-12(7-16)11(5)20-21(13)15-17-9(3)6-10(4)18-15/h6,8H,1-5H3,(H,19,22). The van der Waals surface area contributed by atoms with Gasteiger partial charge in [0.05, 0.1) is 5.69 Å². The van der Waals surface area contributed by atoms with Crippen LogP contribution in [0.4, 0.5) is 5.82 Å². The number of amides is 1. The first kappa shape index (κ1) is 15.6. The highest BCUT2D eigenvalue weighted by molar-refractivity contribution is 5.92. The van der Waals surface area contributed by atoms with Crippen molar-refractivity contribution in [1.82, 2.24) is 19.7 Å². The first-order chi connectivity index (χ1) is 10.3. The van der Waals surface area contributed by atoms with Gasteiger partial charge in [-0.25, -0.2) is 9.97 Å². The number of carbonyl (C=O) groups excluding carboxylic acids is 1. The Kier molecular flexibility index (Phi) is 4.22. The molecule has 0 unspecified atom stereocenters. The van der Waals surface area contributed by atoms with Crippen LogP contribution in [0.3, 0.4) is 0 Å². The van der Waals surface area contributed by atoms with E-state index in [1.54, 1.807) is 20.8 Å². The third-order valence-electron chi connectivity index (χ3n) is 3.10. The van der Waals surface area contributed by atoms with Gasteiger partial charge < -0.3 is 5.32 Å². The molecule has 22 heavy (non-hydrogen) atoms. The number of aromatic nitrogens is 4. The van der Waals surface area contributed by atoms with Crippen LogP contribution >= 0.6 is 0 Å². The zero-order chi connectivity index (χ0) is 16.4. The quantitative estimate of drug-likeness (QED) is 0.935. The van der Waals surface area contributed by atoms with Gasteiger partial charge in [0.15, 0.2) is 5.82 Å². The van der Waals surface area contributed by atoms with Crippen molar-refractivity contribution < 1.29 is 4.79 Å². The fourth-order valence-corrected chi connectivity index (χ4v) is 1.98. The lowest BCUT2D eigenvalue weighted by molar-refractivity contribution is -0.118. The molecule has 0 aliphatic carbocycles. The van der Waals surface area contributed by atoms with E-state index in [2.05, 4.69) is 26.5 Å². The topological polar surface area (TPSA) is 96.5 Å². The predicted octanol–water partition coefficient (Wildman–Crippen LogP) is 2.05. The summed E-state index contributed by atoms with van der Waals surface area (Å²) in [5.74, 6) is 0.238. The van der Waals surface area contributed by atoms with E-state index >= 15 is 0 Å². The molecular formula is C15H18N6O. The molecule has 7 nitrogen and oxygen atoms in total. The first-order valence-corrected chi connectivity index (χ1v) is 6.96. The Hall–Kier alpha value is -2.75. The summed E-state index contributed by atoms with van der Waals surface area (Å²) in [6, 6.07) is 3.92. The zero-order valence-electron chi connectivity index (χ0n) is 13.3. The predicted molar refractivity (Wildman–Crippen MR) is 81.5 cm³/mol. The normalized spacial score (nSPS) is 10.6. The number of hydrogen-bond donors (Lipinski definition) is 1. The van der Waals surface area contributed by atoms with Crippen LogP contribution in [0.15, 0.2) is 6.07 Å². The number of rotatable bonds is 3. The maximum absolute atomic E-state index is 12.0. The van der Waals surface area contributed by atoms with Gasteiger partial charge in [-0.1, -0.05) is 13.8 Å². The van der Waals surface area contributed by atoms with E-state index in [1.165, 1.54) is 4.68 Å². The molecule has 2 heterocycles. The Morgan fingerprint density at radius 2 is 1.86 bits per heavy atom. The van der Waals surface area contributed by atoms with Gasteiger partial charge in [0.2, 0.25) is 5.91 Å². The van der Waals surface area contributed by atoms with Crippen molar-refractivity contribution in [2.24, 2.45) is 5.92 Å². The molecule has 0 saturated heterocycles. The van der Waals surface area contributed by atoms with Crippen LogP contribution in [0, 0.1) is 38.0 Å². The van der Waals surface area contributed by atoms with E-state index in [1.807, 2.05) is 19.9 Å². The van der Waals surface area contributed by atoms with Crippen LogP contribution < -0.4 is 5.32 Å². The Bertz CT molecular complexity index is 749. The molecule has 0 saturated carbocycles. The van der Waals surface area contributed by atoms with Crippen LogP contribution in [0.25, 0.3) is 5.95 Å². The molecule has 0 aliphatic heterocycles. The second kappa shape index (κ2) is 5.93. The maximum Gasteiger partial charge on any atom is 0.252 e. The Labute approximate surface area is 129 Å². The molecule has 0 fully saturated rings. The molecule has 0 radical (unpaired) electrons. The van der Waals surface area contributed by atoms with Gasteiger partial charge in [0.25, 0.3) is 5.95 Å². The molecule has 7 heteroatoms. The van der Waals surface area contributed by atoms with Crippen molar-refractivity contribution in [3.05, 3.63) is 28.7 Å². The summed E-state index contributed by atoms with van der Waals surface area (Å²) >= 11 is 0. The third-order valence-corrected chi connectivity index (χ3v) is 3.10. The molecule has 0 spiro atoms. The van der Waals surface area contributed by atoms with Gasteiger partial charge in [-0.15, -0.1) is 0 Å². The van der Waals surface area contributed by atoms with Gasteiger partial charge in [-0.05, 0) is 26.8 Å². The summed E-state index contributed by atoms with van der Waals surface area (Å²) in [5, 5.41) is 16.4. The monoisotopic (exact) mass is 298 g/mol. The number of anilines is 1. The van der Waals surface area contributed by atoms with Crippen molar-refractivity contribution in [2.75, 3.05) is 5.32 Å².